The molecule has 0 saturated carbocycles. The molecule has 2 rings (SSSR count). The lowest BCUT2D eigenvalue weighted by Gasteiger charge is -2.13. The second kappa shape index (κ2) is 4.31. The van der Waals surface area contributed by atoms with E-state index in [9.17, 15) is 13.2 Å². The summed E-state index contributed by atoms with van der Waals surface area (Å²) >= 11 is 5.71. The lowest BCUT2D eigenvalue weighted by Crippen LogP contribution is -2.08. The van der Waals surface area contributed by atoms with Gasteiger partial charge in [0.05, 0.1) is 11.1 Å². The fourth-order valence-corrected chi connectivity index (χ4v) is 2.05. The Morgan fingerprint density at radius 3 is 2.44 bits per heavy atom. The molecule has 1 aromatic carbocycles. The largest absolute Gasteiger partial charge is 0.418 e. The monoisotopic (exact) mass is 274 g/mol. The van der Waals surface area contributed by atoms with Crippen LogP contribution in [0, 0.1) is 6.92 Å². The van der Waals surface area contributed by atoms with Gasteiger partial charge in [0.1, 0.15) is 5.82 Å². The summed E-state index contributed by atoms with van der Waals surface area (Å²) in [6.45, 7) is 1.77. The molecule has 0 spiro atoms. The molecule has 0 unspecified atom stereocenters. The molecule has 0 aliphatic heterocycles. The highest BCUT2D eigenvalue weighted by atomic mass is 35.5. The molecule has 2 aromatic rings. The SMILES string of the molecule is CNc1nc2c(C(F)(F)F)cc(Cl)cc2cc1C. The number of pyridine rings is 1. The Hall–Kier alpha value is -1.49. The van der Waals surface area contributed by atoms with E-state index in [1.807, 2.05) is 0 Å². The molecule has 0 bridgehead atoms. The summed E-state index contributed by atoms with van der Waals surface area (Å²) in [5.74, 6) is 0.426. The second-order valence-corrected chi connectivity index (χ2v) is 4.36. The molecule has 18 heavy (non-hydrogen) atoms. The standard InChI is InChI=1S/C12H10ClF3N2/c1-6-3-7-4-8(13)5-9(12(14,15)16)10(7)18-11(6)17-2/h3-5H,1-2H3,(H,17,18). The molecule has 1 aromatic heterocycles. The minimum absolute atomic E-state index is 0.0493. The topological polar surface area (TPSA) is 24.9 Å². The van der Waals surface area contributed by atoms with Crippen LogP contribution in [0.5, 0.6) is 0 Å². The van der Waals surface area contributed by atoms with Crippen molar-refractivity contribution in [3.05, 3.63) is 34.3 Å². The van der Waals surface area contributed by atoms with Gasteiger partial charge in [0, 0.05) is 17.5 Å². The van der Waals surface area contributed by atoms with Crippen LogP contribution in [0.2, 0.25) is 5.02 Å². The predicted molar refractivity (Wildman–Crippen MR) is 66.0 cm³/mol. The van der Waals surface area contributed by atoms with Gasteiger partial charge in [-0.05, 0) is 30.7 Å². The van der Waals surface area contributed by atoms with Crippen molar-refractivity contribution in [2.75, 3.05) is 12.4 Å². The number of aryl methyl sites for hydroxylation is 1. The summed E-state index contributed by atoms with van der Waals surface area (Å²) < 4.78 is 38.7. The van der Waals surface area contributed by atoms with Crippen LogP contribution < -0.4 is 5.32 Å². The summed E-state index contributed by atoms with van der Waals surface area (Å²) in [7, 11) is 1.62. The summed E-state index contributed by atoms with van der Waals surface area (Å²) in [6, 6.07) is 4.01. The number of anilines is 1. The third-order valence-electron chi connectivity index (χ3n) is 2.62. The minimum atomic E-state index is -4.48. The van der Waals surface area contributed by atoms with Crippen molar-refractivity contribution < 1.29 is 13.2 Å². The van der Waals surface area contributed by atoms with E-state index < -0.39 is 11.7 Å². The Bertz CT molecular complexity index is 608. The summed E-state index contributed by atoms with van der Waals surface area (Å²) in [5, 5.41) is 3.20. The van der Waals surface area contributed by atoms with Gasteiger partial charge in [0.25, 0.3) is 0 Å². The Labute approximate surface area is 107 Å². The first-order valence-corrected chi connectivity index (χ1v) is 5.56. The summed E-state index contributed by atoms with van der Waals surface area (Å²) in [5.41, 5.74) is -0.149. The van der Waals surface area contributed by atoms with E-state index in [2.05, 4.69) is 10.3 Å². The zero-order valence-corrected chi connectivity index (χ0v) is 10.4. The number of hydrogen-bond donors (Lipinski definition) is 1. The van der Waals surface area contributed by atoms with Crippen LogP contribution in [-0.2, 0) is 6.18 Å². The molecule has 2 nitrogen and oxygen atoms in total. The highest BCUT2D eigenvalue weighted by molar-refractivity contribution is 6.31. The Morgan fingerprint density at radius 1 is 1.22 bits per heavy atom. The van der Waals surface area contributed by atoms with Crippen molar-refractivity contribution in [1.29, 1.82) is 0 Å². The molecular formula is C12H10ClF3N2. The zero-order valence-electron chi connectivity index (χ0n) is 9.69. The van der Waals surface area contributed by atoms with E-state index in [1.54, 1.807) is 20.0 Å². The van der Waals surface area contributed by atoms with Crippen LogP contribution in [0.3, 0.4) is 0 Å². The van der Waals surface area contributed by atoms with E-state index in [1.165, 1.54) is 6.07 Å². The Balaban J connectivity index is 2.85. The van der Waals surface area contributed by atoms with Crippen LogP contribution in [-0.4, -0.2) is 12.0 Å². The van der Waals surface area contributed by atoms with Gasteiger partial charge in [-0.1, -0.05) is 11.6 Å². The molecule has 0 fully saturated rings. The van der Waals surface area contributed by atoms with Crippen molar-refractivity contribution in [2.45, 2.75) is 13.1 Å². The first-order chi connectivity index (χ1) is 8.32. The molecule has 0 aliphatic rings. The third-order valence-corrected chi connectivity index (χ3v) is 2.83. The van der Waals surface area contributed by atoms with Crippen molar-refractivity contribution in [2.24, 2.45) is 0 Å². The van der Waals surface area contributed by atoms with E-state index in [-0.39, 0.29) is 10.5 Å². The van der Waals surface area contributed by atoms with Crippen LogP contribution in [0.1, 0.15) is 11.1 Å². The van der Waals surface area contributed by atoms with Gasteiger partial charge in [-0.15, -0.1) is 0 Å². The quantitative estimate of drug-likeness (QED) is 0.840. The van der Waals surface area contributed by atoms with Gasteiger partial charge in [-0.3, -0.25) is 0 Å². The Kier molecular flexibility index (Phi) is 3.11. The van der Waals surface area contributed by atoms with Gasteiger partial charge in [-0.2, -0.15) is 13.2 Å². The van der Waals surface area contributed by atoms with Crippen LogP contribution in [0.4, 0.5) is 19.0 Å². The van der Waals surface area contributed by atoms with Crippen LogP contribution in [0.25, 0.3) is 10.9 Å². The van der Waals surface area contributed by atoms with E-state index in [0.29, 0.717) is 11.2 Å². The smallest absolute Gasteiger partial charge is 0.373 e. The number of aromatic nitrogens is 1. The van der Waals surface area contributed by atoms with Gasteiger partial charge >= 0.3 is 6.18 Å². The number of hydrogen-bond acceptors (Lipinski definition) is 2. The molecule has 0 atom stereocenters. The lowest BCUT2D eigenvalue weighted by molar-refractivity contribution is -0.136. The lowest BCUT2D eigenvalue weighted by atomic mass is 10.1. The van der Waals surface area contributed by atoms with E-state index >= 15 is 0 Å². The van der Waals surface area contributed by atoms with Gasteiger partial charge < -0.3 is 5.32 Å². The highest BCUT2D eigenvalue weighted by Crippen LogP contribution is 2.37. The van der Waals surface area contributed by atoms with Crippen molar-refractivity contribution in [3.63, 3.8) is 0 Å². The van der Waals surface area contributed by atoms with Crippen LogP contribution >= 0.6 is 11.6 Å². The molecule has 1 N–H and O–H groups in total. The maximum atomic E-state index is 12.9. The van der Waals surface area contributed by atoms with Crippen LogP contribution in [0.15, 0.2) is 18.2 Å². The fourth-order valence-electron chi connectivity index (χ4n) is 1.83. The molecule has 96 valence electrons. The average molecular weight is 275 g/mol. The first-order valence-electron chi connectivity index (χ1n) is 5.19. The van der Waals surface area contributed by atoms with Crippen molar-refractivity contribution in [3.8, 4) is 0 Å². The zero-order chi connectivity index (χ0) is 13.5. The molecule has 6 heteroatoms. The molecule has 0 saturated heterocycles. The van der Waals surface area contributed by atoms with Crippen molar-refractivity contribution in [1.82, 2.24) is 4.98 Å². The minimum Gasteiger partial charge on any atom is -0.373 e. The highest BCUT2D eigenvalue weighted by Gasteiger charge is 2.34. The first kappa shape index (κ1) is 13.0. The molecule has 0 aliphatic carbocycles. The van der Waals surface area contributed by atoms with Gasteiger partial charge in [-0.25, -0.2) is 4.98 Å². The van der Waals surface area contributed by atoms with E-state index in [0.717, 1.165) is 11.6 Å². The number of nitrogens with zero attached hydrogens (tertiary/aromatic N) is 1. The molecule has 1 heterocycles. The number of halogens is 4. The van der Waals surface area contributed by atoms with Gasteiger partial charge in [0.15, 0.2) is 0 Å². The normalized spacial score (nSPS) is 11.9. The number of benzene rings is 1. The maximum absolute atomic E-state index is 12.9. The summed E-state index contributed by atoms with van der Waals surface area (Å²) in [4.78, 5) is 4.01. The van der Waals surface area contributed by atoms with E-state index in [4.69, 9.17) is 11.6 Å². The van der Waals surface area contributed by atoms with Crippen molar-refractivity contribution >= 4 is 28.3 Å². The van der Waals surface area contributed by atoms with Gasteiger partial charge in [0.2, 0.25) is 0 Å². The third kappa shape index (κ3) is 2.22. The number of alkyl halides is 3. The maximum Gasteiger partial charge on any atom is 0.418 e. The molecule has 0 amide bonds. The fraction of sp³-hybridized carbons (Fsp3) is 0.250. The number of rotatable bonds is 1. The molecular weight excluding hydrogens is 265 g/mol. The summed E-state index contributed by atoms with van der Waals surface area (Å²) in [6.07, 6.45) is -4.48. The molecule has 0 radical (unpaired) electrons. The second-order valence-electron chi connectivity index (χ2n) is 3.93. The number of nitrogens with one attached hydrogen (secondary N) is 1. The Morgan fingerprint density at radius 2 is 1.89 bits per heavy atom. The number of fused-ring (bicyclic) bond motifs is 1. The average Bonchev–Trinajstić information content (AvgIpc) is 2.25. The predicted octanol–water partition coefficient (Wildman–Crippen LogP) is 4.26.